The molecule has 35 heavy (non-hydrogen) atoms. The zero-order chi connectivity index (χ0) is 23.8. The average molecular weight is 483 g/mol. The molecule has 0 aliphatic heterocycles. The molecule has 6 aromatic rings. The van der Waals surface area contributed by atoms with Crippen LogP contribution in [-0.4, -0.2) is 36.5 Å². The van der Waals surface area contributed by atoms with Crippen molar-refractivity contribution >= 4 is 28.4 Å². The summed E-state index contributed by atoms with van der Waals surface area (Å²) >= 11 is 1.40. The predicted octanol–water partition coefficient (Wildman–Crippen LogP) is 4.38. The van der Waals surface area contributed by atoms with Gasteiger partial charge in [0.05, 0.1) is 29.5 Å². The highest BCUT2D eigenvalue weighted by molar-refractivity contribution is 7.98. The molecular weight excluding hydrogens is 464 g/mol. The highest BCUT2D eigenvalue weighted by atomic mass is 32.2. The molecule has 3 heterocycles. The van der Waals surface area contributed by atoms with E-state index < -0.39 is 0 Å². The van der Waals surface area contributed by atoms with Gasteiger partial charge < -0.3 is 9.15 Å². The Kier molecular flexibility index (Phi) is 5.27. The first kappa shape index (κ1) is 21.1. The average Bonchev–Trinajstić information content (AvgIpc) is 3.56. The van der Waals surface area contributed by atoms with Gasteiger partial charge in [0.1, 0.15) is 5.75 Å². The molecule has 0 spiro atoms. The van der Waals surface area contributed by atoms with Gasteiger partial charge in [0.15, 0.2) is 5.16 Å². The van der Waals surface area contributed by atoms with E-state index in [1.165, 1.54) is 11.8 Å². The lowest BCUT2D eigenvalue weighted by atomic mass is 10.2. The fourth-order valence-electron chi connectivity index (χ4n) is 3.89. The Hall–Kier alpha value is -4.44. The molecule has 0 saturated carbocycles. The molecule has 0 aliphatic rings. The number of para-hydroxylation sites is 1. The minimum absolute atomic E-state index is 0.185. The van der Waals surface area contributed by atoms with Crippen LogP contribution in [-0.2, 0) is 5.75 Å². The summed E-state index contributed by atoms with van der Waals surface area (Å²) < 4.78 is 14.6. The molecule has 0 bridgehead atoms. The van der Waals surface area contributed by atoms with Crippen molar-refractivity contribution in [1.29, 1.82) is 0 Å². The van der Waals surface area contributed by atoms with Crippen LogP contribution >= 0.6 is 11.8 Å². The van der Waals surface area contributed by atoms with Crippen molar-refractivity contribution < 1.29 is 9.15 Å². The Morgan fingerprint density at radius 2 is 1.74 bits per heavy atom. The standard InChI is InChI=1S/C25H18N6O3S/c1-33-18-11-7-10-17(14-18)30-23(32)19-12-5-6-13-20(19)31-24(30)28-29-25(31)35-15-21-26-27-22(34-21)16-8-3-2-4-9-16/h2-14H,15H2,1H3. The molecule has 0 radical (unpaired) electrons. The third-order valence-electron chi connectivity index (χ3n) is 5.52. The Balaban J connectivity index is 1.43. The molecular formula is C25H18N6O3S. The van der Waals surface area contributed by atoms with Crippen LogP contribution in [0.15, 0.2) is 93.2 Å². The van der Waals surface area contributed by atoms with Gasteiger partial charge in [0.25, 0.3) is 5.56 Å². The molecule has 0 saturated heterocycles. The van der Waals surface area contributed by atoms with Crippen molar-refractivity contribution in [2.75, 3.05) is 7.11 Å². The van der Waals surface area contributed by atoms with Gasteiger partial charge in [-0.15, -0.1) is 20.4 Å². The van der Waals surface area contributed by atoms with Crippen molar-refractivity contribution in [3.05, 3.63) is 95.1 Å². The molecule has 9 nitrogen and oxygen atoms in total. The molecule has 0 aliphatic carbocycles. The number of aromatic nitrogens is 6. The number of thioether (sulfide) groups is 1. The monoisotopic (exact) mass is 482 g/mol. The molecule has 0 fully saturated rings. The van der Waals surface area contributed by atoms with Gasteiger partial charge in [-0.25, -0.2) is 4.57 Å². The smallest absolute Gasteiger partial charge is 0.267 e. The van der Waals surface area contributed by atoms with Crippen LogP contribution in [0.1, 0.15) is 5.89 Å². The number of hydrogen-bond donors (Lipinski definition) is 0. The van der Waals surface area contributed by atoms with Crippen LogP contribution in [0.25, 0.3) is 33.8 Å². The molecule has 0 amide bonds. The van der Waals surface area contributed by atoms with E-state index in [4.69, 9.17) is 9.15 Å². The summed E-state index contributed by atoms with van der Waals surface area (Å²) in [7, 11) is 1.59. The van der Waals surface area contributed by atoms with Crippen molar-refractivity contribution in [3.8, 4) is 22.9 Å². The van der Waals surface area contributed by atoms with E-state index >= 15 is 0 Å². The van der Waals surface area contributed by atoms with Gasteiger partial charge in [-0.2, -0.15) is 0 Å². The van der Waals surface area contributed by atoms with E-state index in [-0.39, 0.29) is 5.56 Å². The lowest BCUT2D eigenvalue weighted by molar-refractivity contribution is 0.414. The largest absolute Gasteiger partial charge is 0.497 e. The second kappa shape index (κ2) is 8.73. The van der Waals surface area contributed by atoms with E-state index in [0.717, 1.165) is 11.1 Å². The Bertz CT molecular complexity index is 1720. The molecule has 0 atom stereocenters. The summed E-state index contributed by atoms with van der Waals surface area (Å²) in [6.45, 7) is 0. The third-order valence-corrected chi connectivity index (χ3v) is 6.43. The maximum absolute atomic E-state index is 13.5. The van der Waals surface area contributed by atoms with E-state index in [2.05, 4.69) is 20.4 Å². The molecule has 3 aromatic heterocycles. The van der Waals surface area contributed by atoms with Gasteiger partial charge in [0.2, 0.25) is 17.6 Å². The molecule has 0 unspecified atom stereocenters. The number of methoxy groups -OCH3 is 1. The summed E-state index contributed by atoms with van der Waals surface area (Å²) in [5.74, 6) is 2.37. The van der Waals surface area contributed by atoms with Gasteiger partial charge in [-0.3, -0.25) is 9.20 Å². The number of hydrogen-bond acceptors (Lipinski definition) is 8. The highest BCUT2D eigenvalue weighted by Crippen LogP contribution is 2.27. The summed E-state index contributed by atoms with van der Waals surface area (Å²) in [5, 5.41) is 18.2. The summed E-state index contributed by atoms with van der Waals surface area (Å²) in [6, 6.07) is 24.3. The predicted molar refractivity (Wildman–Crippen MR) is 132 cm³/mol. The van der Waals surface area contributed by atoms with Crippen LogP contribution < -0.4 is 10.3 Å². The maximum Gasteiger partial charge on any atom is 0.267 e. The van der Waals surface area contributed by atoms with Crippen LogP contribution in [0.2, 0.25) is 0 Å². The van der Waals surface area contributed by atoms with E-state index in [1.807, 2.05) is 71.1 Å². The number of fused-ring (bicyclic) bond motifs is 3. The quantitative estimate of drug-likeness (QED) is 0.322. The van der Waals surface area contributed by atoms with Gasteiger partial charge >= 0.3 is 0 Å². The molecule has 6 rings (SSSR count). The summed E-state index contributed by atoms with van der Waals surface area (Å²) in [6.07, 6.45) is 0. The first-order valence-electron chi connectivity index (χ1n) is 10.8. The minimum atomic E-state index is -0.185. The molecule has 0 N–H and O–H groups in total. The number of nitrogens with zero attached hydrogens (tertiary/aromatic N) is 6. The number of rotatable bonds is 6. The number of ether oxygens (including phenoxy) is 1. The van der Waals surface area contributed by atoms with Gasteiger partial charge in [0, 0.05) is 11.6 Å². The first-order valence-corrected chi connectivity index (χ1v) is 11.8. The SMILES string of the molecule is COc1cccc(-n2c(=O)c3ccccc3n3c(SCc4nnc(-c5ccccc5)o4)nnc23)c1. The second-order valence-corrected chi connectivity index (χ2v) is 8.58. The van der Waals surface area contributed by atoms with Crippen molar-refractivity contribution in [2.45, 2.75) is 10.9 Å². The first-order chi connectivity index (χ1) is 17.2. The number of benzene rings is 3. The summed E-state index contributed by atoms with van der Waals surface area (Å²) in [4.78, 5) is 13.5. The van der Waals surface area contributed by atoms with E-state index in [1.54, 1.807) is 23.8 Å². The molecule has 10 heteroatoms. The third kappa shape index (κ3) is 3.73. The Morgan fingerprint density at radius 3 is 2.60 bits per heavy atom. The maximum atomic E-state index is 13.5. The summed E-state index contributed by atoms with van der Waals surface area (Å²) in [5.41, 5.74) is 2.03. The zero-order valence-electron chi connectivity index (χ0n) is 18.5. The van der Waals surface area contributed by atoms with Crippen molar-refractivity contribution in [3.63, 3.8) is 0 Å². The fourth-order valence-corrected chi connectivity index (χ4v) is 4.67. The van der Waals surface area contributed by atoms with Crippen LogP contribution in [0.3, 0.4) is 0 Å². The Morgan fingerprint density at radius 1 is 0.914 bits per heavy atom. The van der Waals surface area contributed by atoms with Gasteiger partial charge in [-0.05, 0) is 36.4 Å². The minimum Gasteiger partial charge on any atom is -0.497 e. The van der Waals surface area contributed by atoms with Crippen LogP contribution in [0, 0.1) is 0 Å². The molecule has 3 aromatic carbocycles. The van der Waals surface area contributed by atoms with E-state index in [9.17, 15) is 4.79 Å². The second-order valence-electron chi connectivity index (χ2n) is 7.63. The fraction of sp³-hybridized carbons (Fsp3) is 0.0800. The van der Waals surface area contributed by atoms with E-state index in [0.29, 0.717) is 45.3 Å². The lowest BCUT2D eigenvalue weighted by Gasteiger charge is -2.12. The van der Waals surface area contributed by atoms with Crippen molar-refractivity contribution in [1.82, 2.24) is 29.4 Å². The van der Waals surface area contributed by atoms with Crippen LogP contribution in [0.4, 0.5) is 0 Å². The van der Waals surface area contributed by atoms with Crippen molar-refractivity contribution in [2.24, 2.45) is 0 Å². The lowest BCUT2D eigenvalue weighted by Crippen LogP contribution is -2.21. The molecule has 172 valence electrons. The Labute approximate surface area is 203 Å². The topological polar surface area (TPSA) is 100 Å². The van der Waals surface area contributed by atoms with Crippen LogP contribution in [0.5, 0.6) is 5.75 Å². The zero-order valence-corrected chi connectivity index (χ0v) is 19.3. The van der Waals surface area contributed by atoms with Gasteiger partial charge in [-0.1, -0.05) is 48.2 Å². The highest BCUT2D eigenvalue weighted by Gasteiger charge is 2.19. The normalized spacial score (nSPS) is 11.3.